The zero-order valence-corrected chi connectivity index (χ0v) is 11.5. The number of carbonyl (C=O) groups is 2. The van der Waals surface area contributed by atoms with Gasteiger partial charge < -0.3 is 10.2 Å². The van der Waals surface area contributed by atoms with E-state index in [9.17, 15) is 9.59 Å². The average Bonchev–Trinajstić information content (AvgIpc) is 3.17. The summed E-state index contributed by atoms with van der Waals surface area (Å²) in [7, 11) is 0. The Labute approximate surface area is 109 Å². The molecule has 2 fully saturated rings. The Bertz CT molecular complexity index is 339. The molecule has 2 amide bonds. The third-order valence-corrected chi connectivity index (χ3v) is 4.33. The molecule has 1 atom stereocenters. The molecule has 1 unspecified atom stereocenters. The van der Waals surface area contributed by atoms with Crippen molar-refractivity contribution in [1.82, 2.24) is 10.2 Å². The molecular weight excluding hydrogens is 228 g/mol. The molecule has 18 heavy (non-hydrogen) atoms. The fraction of sp³-hybridized carbons (Fsp3) is 0.857. The highest BCUT2D eigenvalue weighted by molar-refractivity contribution is 5.98. The summed E-state index contributed by atoms with van der Waals surface area (Å²) >= 11 is 0. The van der Waals surface area contributed by atoms with Crippen molar-refractivity contribution in [3.8, 4) is 0 Å². The fourth-order valence-electron chi connectivity index (χ4n) is 2.92. The predicted octanol–water partition coefficient (Wildman–Crippen LogP) is 1.69. The molecule has 2 aliphatic rings. The molecule has 2 rings (SSSR count). The van der Waals surface area contributed by atoms with Crippen molar-refractivity contribution < 1.29 is 9.59 Å². The molecule has 102 valence electrons. The van der Waals surface area contributed by atoms with E-state index >= 15 is 0 Å². The first-order valence-corrected chi connectivity index (χ1v) is 7.19. The van der Waals surface area contributed by atoms with E-state index in [2.05, 4.69) is 12.2 Å². The smallest absolute Gasteiger partial charge is 0.246 e. The Balaban J connectivity index is 2.02. The minimum atomic E-state index is -0.582. The Morgan fingerprint density at radius 2 is 2.00 bits per heavy atom. The van der Waals surface area contributed by atoms with Gasteiger partial charge in [0.15, 0.2) is 0 Å². The van der Waals surface area contributed by atoms with Crippen LogP contribution in [0.3, 0.4) is 0 Å². The first-order chi connectivity index (χ1) is 8.60. The number of hydrogen-bond acceptors (Lipinski definition) is 2. The maximum Gasteiger partial charge on any atom is 0.246 e. The van der Waals surface area contributed by atoms with Crippen LogP contribution >= 0.6 is 0 Å². The molecule has 1 aliphatic heterocycles. The molecule has 0 aromatic rings. The summed E-state index contributed by atoms with van der Waals surface area (Å²) in [5.74, 6) is 0.494. The monoisotopic (exact) mass is 252 g/mol. The Kier molecular flexibility index (Phi) is 3.93. The van der Waals surface area contributed by atoms with Crippen molar-refractivity contribution in [3.05, 3.63) is 0 Å². The zero-order valence-electron chi connectivity index (χ0n) is 11.5. The molecule has 0 aromatic carbocycles. The van der Waals surface area contributed by atoms with Gasteiger partial charge in [0.1, 0.15) is 5.54 Å². The highest BCUT2D eigenvalue weighted by Crippen LogP contribution is 2.44. The van der Waals surface area contributed by atoms with Gasteiger partial charge in [0, 0.05) is 6.54 Å². The van der Waals surface area contributed by atoms with Gasteiger partial charge >= 0.3 is 0 Å². The first-order valence-electron chi connectivity index (χ1n) is 7.19. The molecule has 4 nitrogen and oxygen atoms in total. The maximum atomic E-state index is 12.1. The van der Waals surface area contributed by atoms with Crippen LogP contribution in [0, 0.1) is 5.92 Å². The van der Waals surface area contributed by atoms with E-state index in [-0.39, 0.29) is 18.4 Å². The lowest BCUT2D eigenvalue weighted by atomic mass is 9.89. The Morgan fingerprint density at radius 1 is 1.28 bits per heavy atom. The Morgan fingerprint density at radius 3 is 2.61 bits per heavy atom. The van der Waals surface area contributed by atoms with Crippen molar-refractivity contribution in [2.75, 3.05) is 13.1 Å². The van der Waals surface area contributed by atoms with Crippen LogP contribution in [0.5, 0.6) is 0 Å². The fourth-order valence-corrected chi connectivity index (χ4v) is 2.92. The number of nitrogens with one attached hydrogen (secondary N) is 1. The lowest BCUT2D eigenvalue weighted by Crippen LogP contribution is -2.67. The van der Waals surface area contributed by atoms with Crippen LogP contribution in [0.15, 0.2) is 0 Å². The number of piperazine rings is 1. The highest BCUT2D eigenvalue weighted by Gasteiger charge is 2.54. The van der Waals surface area contributed by atoms with Crippen LogP contribution in [0.25, 0.3) is 0 Å². The van der Waals surface area contributed by atoms with Gasteiger partial charge in [-0.15, -0.1) is 0 Å². The normalized spacial score (nSPS) is 28.4. The number of nitrogens with zero attached hydrogens (tertiary/aromatic N) is 1. The van der Waals surface area contributed by atoms with Gasteiger partial charge in [-0.05, 0) is 32.1 Å². The molecule has 1 N–H and O–H groups in total. The molecule has 0 spiro atoms. The summed E-state index contributed by atoms with van der Waals surface area (Å²) < 4.78 is 0. The van der Waals surface area contributed by atoms with Gasteiger partial charge in [0.05, 0.1) is 6.54 Å². The largest absolute Gasteiger partial charge is 0.345 e. The number of carbonyl (C=O) groups excluding carboxylic acids is 2. The van der Waals surface area contributed by atoms with Crippen molar-refractivity contribution in [1.29, 1.82) is 0 Å². The van der Waals surface area contributed by atoms with Crippen LogP contribution in [0.1, 0.15) is 52.4 Å². The molecule has 1 saturated heterocycles. The lowest BCUT2D eigenvalue weighted by molar-refractivity contribution is -0.154. The second-order valence-corrected chi connectivity index (χ2v) is 5.71. The zero-order chi connectivity index (χ0) is 13.2. The molecule has 0 aromatic heterocycles. The summed E-state index contributed by atoms with van der Waals surface area (Å²) in [6.45, 7) is 5.03. The van der Waals surface area contributed by atoms with Gasteiger partial charge in [-0.1, -0.05) is 26.2 Å². The number of rotatable bonds is 6. The van der Waals surface area contributed by atoms with Crippen molar-refractivity contribution in [2.24, 2.45) is 5.92 Å². The van der Waals surface area contributed by atoms with Crippen molar-refractivity contribution in [3.63, 3.8) is 0 Å². The Hall–Kier alpha value is -1.06. The van der Waals surface area contributed by atoms with Gasteiger partial charge in [-0.25, -0.2) is 0 Å². The number of amides is 2. The highest BCUT2D eigenvalue weighted by atomic mass is 16.2. The molecular formula is C14H24N2O2. The summed E-state index contributed by atoms with van der Waals surface area (Å²) in [5, 5.41) is 2.75. The quantitative estimate of drug-likeness (QED) is 0.731. The van der Waals surface area contributed by atoms with Crippen LogP contribution in [-0.2, 0) is 9.59 Å². The topological polar surface area (TPSA) is 49.4 Å². The summed E-state index contributed by atoms with van der Waals surface area (Å²) in [6, 6.07) is 0. The summed E-state index contributed by atoms with van der Waals surface area (Å²) in [4.78, 5) is 26.0. The molecule has 1 aliphatic carbocycles. The third-order valence-electron chi connectivity index (χ3n) is 4.33. The molecule has 1 heterocycles. The second kappa shape index (κ2) is 5.29. The SMILES string of the molecule is CCCCCCN1C(=O)CNC(=O)C1(C)C1CC1. The maximum absolute atomic E-state index is 12.1. The summed E-state index contributed by atoms with van der Waals surface area (Å²) in [5.41, 5.74) is -0.582. The van der Waals surface area contributed by atoms with E-state index in [0.717, 1.165) is 32.2 Å². The minimum Gasteiger partial charge on any atom is -0.345 e. The van der Waals surface area contributed by atoms with Crippen molar-refractivity contribution >= 4 is 11.8 Å². The van der Waals surface area contributed by atoms with Gasteiger partial charge in [0.2, 0.25) is 11.8 Å². The standard InChI is InChI=1S/C14H24N2O2/c1-3-4-5-6-9-16-12(17)10-15-13(18)14(16,2)11-7-8-11/h11H,3-10H2,1-2H3,(H,15,18). The van der Waals surface area contributed by atoms with Crippen LogP contribution in [0.2, 0.25) is 0 Å². The van der Waals surface area contributed by atoms with Gasteiger partial charge in [-0.2, -0.15) is 0 Å². The molecule has 0 bridgehead atoms. The molecule has 4 heteroatoms. The third kappa shape index (κ3) is 2.38. The van der Waals surface area contributed by atoms with Gasteiger partial charge in [0.25, 0.3) is 0 Å². The van der Waals surface area contributed by atoms with E-state index in [0.29, 0.717) is 5.92 Å². The van der Waals surface area contributed by atoms with Crippen LogP contribution < -0.4 is 5.32 Å². The number of hydrogen-bond donors (Lipinski definition) is 1. The summed E-state index contributed by atoms with van der Waals surface area (Å²) in [6.07, 6.45) is 6.69. The van der Waals surface area contributed by atoms with Gasteiger partial charge in [-0.3, -0.25) is 9.59 Å². The average molecular weight is 252 g/mol. The van der Waals surface area contributed by atoms with Crippen LogP contribution in [-0.4, -0.2) is 35.3 Å². The lowest BCUT2D eigenvalue weighted by Gasteiger charge is -2.44. The first kappa shape index (κ1) is 13.4. The van der Waals surface area contributed by atoms with Crippen LogP contribution in [0.4, 0.5) is 0 Å². The van der Waals surface area contributed by atoms with E-state index in [1.165, 1.54) is 12.8 Å². The second-order valence-electron chi connectivity index (χ2n) is 5.71. The van der Waals surface area contributed by atoms with E-state index in [1.807, 2.05) is 11.8 Å². The predicted molar refractivity (Wildman–Crippen MR) is 70.0 cm³/mol. The van der Waals surface area contributed by atoms with Crippen molar-refractivity contribution in [2.45, 2.75) is 57.9 Å². The minimum absolute atomic E-state index is 0.0418. The van der Waals surface area contributed by atoms with E-state index in [4.69, 9.17) is 0 Å². The van der Waals surface area contributed by atoms with E-state index < -0.39 is 5.54 Å². The molecule has 0 radical (unpaired) electrons. The number of unbranched alkanes of at least 4 members (excludes halogenated alkanes) is 3. The molecule has 1 saturated carbocycles. The van der Waals surface area contributed by atoms with E-state index in [1.54, 1.807) is 0 Å².